The van der Waals surface area contributed by atoms with Gasteiger partial charge >= 0.3 is 0 Å². The molecule has 4 N–H and O–H groups in total. The molecule has 368 valence electrons. The van der Waals surface area contributed by atoms with E-state index in [2.05, 4.69) is 64.3 Å². The number of carbonyl (C=O) groups excluding carboxylic acids is 2. The van der Waals surface area contributed by atoms with Gasteiger partial charge in [-0.3, -0.25) is 9.59 Å². The Morgan fingerprint density at radius 2 is 1.00 bits per heavy atom. The predicted molar refractivity (Wildman–Crippen MR) is 264 cm³/mol. The van der Waals surface area contributed by atoms with Gasteiger partial charge in [0, 0.05) is 39.1 Å². The summed E-state index contributed by atoms with van der Waals surface area (Å²) in [6.45, 7) is 18.9. The number of fused-ring (bicyclic) bond motifs is 10. The lowest BCUT2D eigenvalue weighted by Crippen LogP contribution is -2.53. The molecule has 0 aromatic rings. The molecular formula is C58H96N2O5. The number of amides is 2. The topological polar surface area (TPSA) is 108 Å². The first kappa shape index (κ1) is 49.7. The molecule has 8 aliphatic rings. The molecular weight excluding hydrogens is 805 g/mol. The molecule has 0 aliphatic heterocycles. The van der Waals surface area contributed by atoms with Crippen LogP contribution in [0.4, 0.5) is 0 Å². The van der Waals surface area contributed by atoms with Crippen molar-refractivity contribution in [3.05, 3.63) is 23.3 Å². The average molecular weight is 901 g/mol. The molecule has 7 nitrogen and oxygen atoms in total. The number of hydrogen-bond acceptors (Lipinski definition) is 5. The van der Waals surface area contributed by atoms with Gasteiger partial charge in [-0.2, -0.15) is 0 Å². The van der Waals surface area contributed by atoms with Crippen molar-refractivity contribution in [1.82, 2.24) is 10.6 Å². The number of unbranched alkanes of at least 4 members (excludes halogenated alkanes) is 4. The highest BCUT2D eigenvalue weighted by Gasteiger charge is 2.61. The van der Waals surface area contributed by atoms with Gasteiger partial charge in [-0.05, 0) is 223 Å². The van der Waals surface area contributed by atoms with Crippen LogP contribution in [0.2, 0.25) is 0 Å². The molecule has 8 aliphatic carbocycles. The molecule has 0 bridgehead atoms. The summed E-state index contributed by atoms with van der Waals surface area (Å²) in [7, 11) is 0. The van der Waals surface area contributed by atoms with Gasteiger partial charge in [0.25, 0.3) is 0 Å². The summed E-state index contributed by atoms with van der Waals surface area (Å²) in [5.41, 5.74) is 4.71. The zero-order valence-corrected chi connectivity index (χ0v) is 42.7. The third-order valence-electron chi connectivity index (χ3n) is 22.2. The molecule has 0 heterocycles. The lowest BCUT2D eigenvalue weighted by atomic mass is 9.46. The van der Waals surface area contributed by atoms with Crippen LogP contribution < -0.4 is 10.6 Å². The van der Waals surface area contributed by atoms with Gasteiger partial charge in [0.2, 0.25) is 11.8 Å². The summed E-state index contributed by atoms with van der Waals surface area (Å²) >= 11 is 0. The fraction of sp³-hybridized carbons (Fsp3) is 0.897. The standard InChI is InChI=1S/C58H96N2O5/c1-37(59-39(3)63)47-21-23-49-45-19-17-43-35-41(25-29-55(43,5)51(45)27-31-57(47,49)7)53(15-11-9-13-33-61)65-54(16-12-10-14-34-62)42-26-30-56(6)44(36-42)18-20-46-50-24-22-48(38(2)60-40(4)64)58(50,8)32-28-52(46)56/h17-18,37-38,41-42,45-54,61-62H,9-16,19-36H2,1-8H3,(H,59,63)(H,60,64)/t37?,38?,41-,42-,45-,46-,47+,48+,49-,50-,51-,52-,53?,54?,55-,56-,57+,58+/m0/s1. The SMILES string of the molecule is CC(=O)NC(C)[C@H]1CC[C@H]2[C@@H]3CC=C4C[C@@H](C(CCCCCO)OC(CCCCCO)[C@H]5CC[C@@]6(C)C(=CC[C@H]7[C@@H]8CC[C@H](C(C)NC(C)=O)[C@@]8(C)CC[C@@H]76)C5)CC[C@]4(C)[C@H]3CC[C@]12C. The number of aliphatic hydroxyl groups is 2. The number of rotatable bonds is 18. The molecule has 0 spiro atoms. The number of carbonyl (C=O) groups is 2. The summed E-state index contributed by atoms with van der Waals surface area (Å²) in [4.78, 5) is 24.2. The third-order valence-corrected chi connectivity index (χ3v) is 22.2. The Balaban J connectivity index is 0.977. The Hall–Kier alpha value is -1.70. The van der Waals surface area contributed by atoms with Crippen molar-refractivity contribution in [1.29, 1.82) is 0 Å². The number of ether oxygens (including phenoxy) is 1. The van der Waals surface area contributed by atoms with E-state index in [1.54, 1.807) is 25.0 Å². The zero-order valence-electron chi connectivity index (χ0n) is 42.7. The Bertz CT molecular complexity index is 1600. The molecule has 0 aromatic carbocycles. The highest BCUT2D eigenvalue weighted by atomic mass is 16.5. The Morgan fingerprint density at radius 1 is 0.585 bits per heavy atom. The van der Waals surface area contributed by atoms with Gasteiger partial charge in [-0.25, -0.2) is 0 Å². The van der Waals surface area contributed by atoms with Crippen molar-refractivity contribution >= 4 is 11.8 Å². The van der Waals surface area contributed by atoms with Crippen LogP contribution in [-0.2, 0) is 14.3 Å². The van der Waals surface area contributed by atoms with Crippen LogP contribution in [0.15, 0.2) is 23.3 Å². The van der Waals surface area contributed by atoms with E-state index >= 15 is 0 Å². The molecule has 0 aromatic heterocycles. The number of aliphatic hydroxyl groups excluding tert-OH is 2. The maximum atomic E-state index is 12.1. The molecule has 4 unspecified atom stereocenters. The van der Waals surface area contributed by atoms with E-state index in [0.717, 1.165) is 86.9 Å². The Morgan fingerprint density at radius 3 is 1.38 bits per heavy atom. The zero-order chi connectivity index (χ0) is 46.3. The van der Waals surface area contributed by atoms with Crippen LogP contribution in [0.3, 0.4) is 0 Å². The van der Waals surface area contributed by atoms with E-state index in [-0.39, 0.29) is 60.1 Å². The van der Waals surface area contributed by atoms with Crippen LogP contribution in [0.25, 0.3) is 0 Å². The minimum Gasteiger partial charge on any atom is -0.396 e. The van der Waals surface area contributed by atoms with Crippen molar-refractivity contribution in [2.45, 2.75) is 234 Å². The predicted octanol–water partition coefficient (Wildman–Crippen LogP) is 12.3. The van der Waals surface area contributed by atoms with E-state index in [1.165, 1.54) is 103 Å². The lowest BCUT2D eigenvalue weighted by molar-refractivity contribution is -0.121. The van der Waals surface area contributed by atoms with E-state index in [4.69, 9.17) is 4.74 Å². The summed E-state index contributed by atoms with van der Waals surface area (Å²) in [6.07, 6.45) is 34.6. The third kappa shape index (κ3) is 9.51. The van der Waals surface area contributed by atoms with Crippen LogP contribution in [0.5, 0.6) is 0 Å². The summed E-state index contributed by atoms with van der Waals surface area (Å²) in [6, 6.07) is 0.498. The van der Waals surface area contributed by atoms with Crippen LogP contribution in [0.1, 0.15) is 209 Å². The molecule has 2 amide bonds. The largest absolute Gasteiger partial charge is 0.396 e. The van der Waals surface area contributed by atoms with Gasteiger partial charge in [0.1, 0.15) is 0 Å². The van der Waals surface area contributed by atoms with E-state index in [9.17, 15) is 19.8 Å². The number of nitrogens with one attached hydrogen (secondary N) is 2. The second kappa shape index (κ2) is 20.3. The van der Waals surface area contributed by atoms with Gasteiger partial charge in [-0.15, -0.1) is 0 Å². The van der Waals surface area contributed by atoms with Crippen LogP contribution >= 0.6 is 0 Å². The smallest absolute Gasteiger partial charge is 0.217 e. The molecule has 0 saturated heterocycles. The summed E-state index contributed by atoms with van der Waals surface area (Å²) in [5, 5.41) is 26.1. The minimum absolute atomic E-state index is 0.111. The van der Waals surface area contributed by atoms with Crippen LogP contribution in [0, 0.1) is 80.8 Å². The average Bonchev–Trinajstić information content (AvgIpc) is 3.81. The molecule has 6 fully saturated rings. The first-order valence-electron chi connectivity index (χ1n) is 27.9. The van der Waals surface area contributed by atoms with Crippen molar-refractivity contribution in [3.8, 4) is 0 Å². The first-order chi connectivity index (χ1) is 31.1. The molecule has 18 atom stereocenters. The van der Waals surface area contributed by atoms with Gasteiger partial charge in [0.15, 0.2) is 0 Å². The molecule has 7 heteroatoms. The molecule has 65 heavy (non-hydrogen) atoms. The second-order valence-corrected chi connectivity index (χ2v) is 25.3. The molecule has 6 saturated carbocycles. The highest BCUT2D eigenvalue weighted by Crippen LogP contribution is 2.69. The van der Waals surface area contributed by atoms with Crippen molar-refractivity contribution in [3.63, 3.8) is 0 Å². The van der Waals surface area contributed by atoms with E-state index < -0.39 is 0 Å². The summed E-state index contributed by atoms with van der Waals surface area (Å²) < 4.78 is 7.75. The normalized spacial score (nSPS) is 42.6. The Labute approximate surface area is 396 Å². The Kier molecular flexibility index (Phi) is 15.6. The highest BCUT2D eigenvalue weighted by molar-refractivity contribution is 5.73. The van der Waals surface area contributed by atoms with Crippen molar-refractivity contribution in [2.24, 2.45) is 80.8 Å². The molecule has 0 radical (unpaired) electrons. The fourth-order valence-corrected chi connectivity index (χ4v) is 18.9. The number of allylic oxidation sites excluding steroid dienone is 4. The van der Waals surface area contributed by atoms with Crippen molar-refractivity contribution in [2.75, 3.05) is 13.2 Å². The van der Waals surface area contributed by atoms with Crippen LogP contribution in [-0.4, -0.2) is 59.5 Å². The maximum Gasteiger partial charge on any atom is 0.217 e. The second-order valence-electron chi connectivity index (χ2n) is 25.3. The quantitative estimate of drug-likeness (QED) is 0.0810. The van der Waals surface area contributed by atoms with E-state index in [0.29, 0.717) is 34.5 Å². The lowest BCUT2D eigenvalue weighted by Gasteiger charge is -2.59. The maximum absolute atomic E-state index is 12.1. The first-order valence-corrected chi connectivity index (χ1v) is 27.9. The number of hydrogen-bond donors (Lipinski definition) is 4. The monoisotopic (exact) mass is 901 g/mol. The fourth-order valence-electron chi connectivity index (χ4n) is 18.9. The van der Waals surface area contributed by atoms with E-state index in [1.807, 2.05) is 0 Å². The molecule has 8 rings (SSSR count). The summed E-state index contributed by atoms with van der Waals surface area (Å²) in [5.74, 6) is 7.02. The van der Waals surface area contributed by atoms with Gasteiger partial charge in [0.05, 0.1) is 12.2 Å². The van der Waals surface area contributed by atoms with Gasteiger partial charge in [-0.1, -0.05) is 76.7 Å². The van der Waals surface area contributed by atoms with Gasteiger partial charge < -0.3 is 25.6 Å². The minimum atomic E-state index is 0.111. The van der Waals surface area contributed by atoms with Crippen molar-refractivity contribution < 1.29 is 24.5 Å².